The number of alkyl halides is 5. The number of amides is 1. The van der Waals surface area contributed by atoms with Gasteiger partial charge in [-0.3, -0.25) is 9.78 Å². The first-order valence-electron chi connectivity index (χ1n) is 9.18. The van der Waals surface area contributed by atoms with Gasteiger partial charge in [0.05, 0.1) is 23.9 Å². The standard InChI is InChI=1S/C20H12F5N5O2S/c21-16(22)18-29-28-17(32-18)14-9-27-15(33-14)10-30(19(31)11-3-2-6-26-8-11)13-5-1-4-12(7-13)20(23,24)25/h1-9,16H,10H2. The molecule has 33 heavy (non-hydrogen) atoms. The van der Waals surface area contributed by atoms with Crippen molar-refractivity contribution in [3.63, 3.8) is 0 Å². The average molecular weight is 481 g/mol. The molecule has 4 aromatic rings. The van der Waals surface area contributed by atoms with E-state index in [1.54, 1.807) is 0 Å². The summed E-state index contributed by atoms with van der Waals surface area (Å²) in [6.45, 7) is -0.199. The van der Waals surface area contributed by atoms with Crippen LogP contribution in [-0.2, 0) is 12.7 Å². The maximum Gasteiger partial charge on any atom is 0.416 e. The SMILES string of the molecule is O=C(c1cccnc1)N(Cc1ncc(-c2nnc(C(F)F)o2)s1)c1cccc(C(F)(F)F)c1. The lowest BCUT2D eigenvalue weighted by Crippen LogP contribution is -2.30. The molecule has 1 amide bonds. The number of hydrogen-bond donors (Lipinski definition) is 0. The van der Waals surface area contributed by atoms with Crippen LogP contribution in [-0.4, -0.2) is 26.1 Å². The van der Waals surface area contributed by atoms with E-state index in [-0.39, 0.29) is 28.6 Å². The van der Waals surface area contributed by atoms with Gasteiger partial charge >= 0.3 is 12.6 Å². The van der Waals surface area contributed by atoms with Crippen LogP contribution >= 0.6 is 11.3 Å². The normalized spacial score (nSPS) is 11.7. The lowest BCUT2D eigenvalue weighted by Gasteiger charge is -2.23. The Bertz CT molecular complexity index is 1260. The molecular weight excluding hydrogens is 469 g/mol. The molecule has 170 valence electrons. The number of halogens is 5. The maximum atomic E-state index is 13.2. The Hall–Kier alpha value is -3.74. The van der Waals surface area contributed by atoms with Crippen molar-refractivity contribution in [2.24, 2.45) is 0 Å². The van der Waals surface area contributed by atoms with Gasteiger partial charge in [-0.15, -0.1) is 21.5 Å². The van der Waals surface area contributed by atoms with Gasteiger partial charge in [0.25, 0.3) is 17.7 Å². The van der Waals surface area contributed by atoms with Gasteiger partial charge in [0.1, 0.15) is 9.88 Å². The first-order valence-corrected chi connectivity index (χ1v) is 10.00. The molecule has 0 saturated heterocycles. The second-order valence-electron chi connectivity index (χ2n) is 6.55. The Balaban J connectivity index is 1.67. The summed E-state index contributed by atoms with van der Waals surface area (Å²) in [5.41, 5.74) is -0.771. The van der Waals surface area contributed by atoms with Crippen molar-refractivity contribution in [3.05, 3.63) is 77.0 Å². The van der Waals surface area contributed by atoms with Crippen LogP contribution in [0, 0.1) is 0 Å². The number of anilines is 1. The molecule has 0 aliphatic carbocycles. The number of pyridine rings is 1. The monoisotopic (exact) mass is 481 g/mol. The van der Waals surface area contributed by atoms with Crippen LogP contribution in [0.1, 0.15) is 33.2 Å². The average Bonchev–Trinajstić information content (AvgIpc) is 3.47. The molecule has 0 radical (unpaired) electrons. The van der Waals surface area contributed by atoms with Gasteiger partial charge < -0.3 is 9.32 Å². The minimum atomic E-state index is -4.60. The summed E-state index contributed by atoms with van der Waals surface area (Å²) in [4.78, 5) is 22.5. The Labute approximate surface area is 186 Å². The molecule has 0 spiro atoms. The molecular formula is C20H12F5N5O2S. The highest BCUT2D eigenvalue weighted by Crippen LogP contribution is 2.33. The molecule has 0 aliphatic rings. The summed E-state index contributed by atoms with van der Waals surface area (Å²) in [6, 6.07) is 7.32. The van der Waals surface area contributed by atoms with E-state index < -0.39 is 30.0 Å². The van der Waals surface area contributed by atoms with Crippen molar-refractivity contribution >= 4 is 22.9 Å². The van der Waals surface area contributed by atoms with Crippen molar-refractivity contribution in [1.82, 2.24) is 20.2 Å². The van der Waals surface area contributed by atoms with Crippen LogP contribution in [0.3, 0.4) is 0 Å². The molecule has 0 N–H and O–H groups in total. The molecule has 7 nitrogen and oxygen atoms in total. The van der Waals surface area contributed by atoms with Crippen molar-refractivity contribution in [3.8, 4) is 10.8 Å². The first-order chi connectivity index (χ1) is 15.7. The fourth-order valence-electron chi connectivity index (χ4n) is 2.82. The smallest absolute Gasteiger partial charge is 0.414 e. The minimum Gasteiger partial charge on any atom is -0.414 e. The fraction of sp³-hybridized carbons (Fsp3) is 0.150. The number of nitrogens with zero attached hydrogens (tertiary/aromatic N) is 5. The van der Waals surface area contributed by atoms with Gasteiger partial charge in [-0.25, -0.2) is 4.98 Å². The van der Waals surface area contributed by atoms with Gasteiger partial charge in [-0.2, -0.15) is 22.0 Å². The van der Waals surface area contributed by atoms with Gasteiger partial charge in [-0.05, 0) is 30.3 Å². The highest BCUT2D eigenvalue weighted by Gasteiger charge is 2.31. The first kappa shape index (κ1) is 22.5. The number of carbonyl (C=O) groups is 1. The van der Waals surface area contributed by atoms with Gasteiger partial charge in [0.15, 0.2) is 0 Å². The largest absolute Gasteiger partial charge is 0.416 e. The second-order valence-corrected chi connectivity index (χ2v) is 7.66. The summed E-state index contributed by atoms with van der Waals surface area (Å²) in [7, 11) is 0. The third-order valence-corrected chi connectivity index (χ3v) is 5.29. The summed E-state index contributed by atoms with van der Waals surface area (Å²) in [5, 5.41) is 7.09. The molecule has 13 heteroatoms. The molecule has 0 atom stereocenters. The molecule has 0 unspecified atom stereocenters. The topological polar surface area (TPSA) is 85.0 Å². The summed E-state index contributed by atoms with van der Waals surface area (Å²) in [6.07, 6.45) is -3.50. The van der Waals surface area contributed by atoms with Crippen LogP contribution in [0.4, 0.5) is 27.6 Å². The van der Waals surface area contributed by atoms with E-state index in [1.807, 2.05) is 0 Å². The van der Waals surface area contributed by atoms with Crippen LogP contribution in [0.2, 0.25) is 0 Å². The van der Waals surface area contributed by atoms with Crippen LogP contribution in [0.15, 0.2) is 59.4 Å². The predicted molar refractivity (Wildman–Crippen MR) is 107 cm³/mol. The molecule has 1 aromatic carbocycles. The quantitative estimate of drug-likeness (QED) is 0.343. The number of carbonyl (C=O) groups excluding carboxylic acids is 1. The highest BCUT2D eigenvalue weighted by molar-refractivity contribution is 7.15. The molecule has 4 rings (SSSR count). The Morgan fingerprint density at radius 3 is 2.61 bits per heavy atom. The predicted octanol–water partition coefficient (Wildman–Crippen LogP) is 5.39. The summed E-state index contributed by atoms with van der Waals surface area (Å²) in [5.74, 6) is -1.63. The molecule has 0 aliphatic heterocycles. The van der Waals surface area contributed by atoms with Crippen molar-refractivity contribution in [2.45, 2.75) is 19.1 Å². The molecule has 3 aromatic heterocycles. The van der Waals surface area contributed by atoms with E-state index >= 15 is 0 Å². The van der Waals surface area contributed by atoms with E-state index in [0.717, 1.165) is 28.4 Å². The summed E-state index contributed by atoms with van der Waals surface area (Å²) >= 11 is 0.972. The van der Waals surface area contributed by atoms with E-state index in [4.69, 9.17) is 4.42 Å². The van der Waals surface area contributed by atoms with Gasteiger partial charge in [0.2, 0.25) is 0 Å². The lowest BCUT2D eigenvalue weighted by atomic mass is 10.1. The zero-order valence-corrected chi connectivity index (χ0v) is 17.1. The Morgan fingerprint density at radius 2 is 1.94 bits per heavy atom. The van der Waals surface area contributed by atoms with Crippen LogP contribution < -0.4 is 4.90 Å². The zero-order chi connectivity index (χ0) is 23.6. The van der Waals surface area contributed by atoms with E-state index in [1.165, 1.54) is 42.9 Å². The van der Waals surface area contributed by atoms with Gasteiger partial charge in [0, 0.05) is 18.1 Å². The third kappa shape index (κ3) is 5.03. The van der Waals surface area contributed by atoms with Crippen molar-refractivity contribution in [2.75, 3.05) is 4.90 Å². The number of aromatic nitrogens is 4. The summed E-state index contributed by atoms with van der Waals surface area (Å²) < 4.78 is 70.0. The number of thiazole rings is 1. The molecule has 0 fully saturated rings. The Kier molecular flexibility index (Phi) is 6.14. The minimum absolute atomic E-state index is 0.00629. The molecule has 0 saturated carbocycles. The lowest BCUT2D eigenvalue weighted by molar-refractivity contribution is -0.137. The van der Waals surface area contributed by atoms with Crippen LogP contribution in [0.5, 0.6) is 0 Å². The number of rotatable bonds is 6. The highest BCUT2D eigenvalue weighted by atomic mass is 32.1. The Morgan fingerprint density at radius 1 is 1.12 bits per heavy atom. The van der Waals surface area contributed by atoms with Crippen LogP contribution in [0.25, 0.3) is 10.8 Å². The fourth-order valence-corrected chi connectivity index (χ4v) is 3.64. The van der Waals surface area contributed by atoms with E-state index in [2.05, 4.69) is 20.2 Å². The molecule has 3 heterocycles. The second kappa shape index (κ2) is 9.02. The third-order valence-electron chi connectivity index (χ3n) is 4.32. The molecule has 0 bridgehead atoms. The van der Waals surface area contributed by atoms with Gasteiger partial charge in [-0.1, -0.05) is 6.07 Å². The zero-order valence-electron chi connectivity index (χ0n) is 16.3. The van der Waals surface area contributed by atoms with E-state index in [0.29, 0.717) is 5.01 Å². The number of hydrogen-bond acceptors (Lipinski definition) is 7. The maximum absolute atomic E-state index is 13.2. The van der Waals surface area contributed by atoms with Crippen molar-refractivity contribution < 1.29 is 31.2 Å². The van der Waals surface area contributed by atoms with E-state index in [9.17, 15) is 26.7 Å². The van der Waals surface area contributed by atoms with Crippen molar-refractivity contribution in [1.29, 1.82) is 0 Å². The number of benzene rings is 1.